The second kappa shape index (κ2) is 6.40. The Morgan fingerprint density at radius 2 is 1.71 bits per heavy atom. The summed E-state index contributed by atoms with van der Waals surface area (Å²) in [5, 5.41) is 14.6. The van der Waals surface area contributed by atoms with Gasteiger partial charge in [0, 0.05) is 17.5 Å². The average Bonchev–Trinajstić information content (AvgIpc) is 2.95. The molecule has 5 nitrogen and oxygen atoms in total. The van der Waals surface area contributed by atoms with Crippen LogP contribution in [0.25, 0.3) is 10.6 Å². The van der Waals surface area contributed by atoms with E-state index in [4.69, 9.17) is 5.14 Å². The van der Waals surface area contributed by atoms with Gasteiger partial charge in [0.05, 0.1) is 4.90 Å². The molecule has 146 valence electrons. The quantitative estimate of drug-likeness (QED) is 0.689. The Labute approximate surface area is 165 Å². The molecule has 2 aromatic carbocycles. The molecule has 28 heavy (non-hydrogen) atoms. The van der Waals surface area contributed by atoms with E-state index in [0.29, 0.717) is 5.01 Å². The SMILES string of the molecule is CC1(C)[C@H](c2ccc(S(N)(=O)=O)cc2)[C@H]1c1nnc(-c2ccc(F)cc2F)s1. The average molecular weight is 421 g/mol. The molecule has 2 N–H and O–H groups in total. The van der Waals surface area contributed by atoms with Gasteiger partial charge in [-0.05, 0) is 41.2 Å². The number of halogens is 2. The Morgan fingerprint density at radius 3 is 2.32 bits per heavy atom. The second-order valence-electron chi connectivity index (χ2n) is 7.46. The van der Waals surface area contributed by atoms with Gasteiger partial charge in [-0.25, -0.2) is 22.3 Å². The smallest absolute Gasteiger partial charge is 0.225 e. The van der Waals surface area contributed by atoms with Crippen molar-refractivity contribution in [1.29, 1.82) is 0 Å². The molecular weight excluding hydrogens is 404 g/mol. The van der Waals surface area contributed by atoms with E-state index in [-0.39, 0.29) is 27.7 Å². The van der Waals surface area contributed by atoms with Gasteiger partial charge in [-0.2, -0.15) is 0 Å². The molecule has 1 aromatic heterocycles. The zero-order valence-corrected chi connectivity index (χ0v) is 16.7. The van der Waals surface area contributed by atoms with E-state index in [2.05, 4.69) is 24.0 Å². The standard InChI is InChI=1S/C19H17F2N3O2S2/c1-19(2)15(10-3-6-12(7-4-10)28(22,25)26)16(19)18-24-23-17(27-18)13-8-5-11(20)9-14(13)21/h3-9,15-16H,1-2H3,(H2,22,25,26)/t15-,16+/m1/s1. The molecule has 1 aliphatic carbocycles. The number of nitrogens with zero attached hydrogens (tertiary/aromatic N) is 2. The summed E-state index contributed by atoms with van der Waals surface area (Å²) in [6.07, 6.45) is 0. The number of aromatic nitrogens is 2. The van der Waals surface area contributed by atoms with Gasteiger partial charge in [0.2, 0.25) is 10.0 Å². The van der Waals surface area contributed by atoms with E-state index in [0.717, 1.165) is 16.6 Å². The highest BCUT2D eigenvalue weighted by molar-refractivity contribution is 7.89. The van der Waals surface area contributed by atoms with Gasteiger partial charge >= 0.3 is 0 Å². The lowest BCUT2D eigenvalue weighted by molar-refractivity contribution is 0.585. The largest absolute Gasteiger partial charge is 0.238 e. The van der Waals surface area contributed by atoms with E-state index in [1.807, 2.05) is 0 Å². The Morgan fingerprint density at radius 1 is 1.04 bits per heavy atom. The van der Waals surface area contributed by atoms with Gasteiger partial charge in [0.15, 0.2) is 5.01 Å². The normalized spacial score (nSPS) is 20.9. The number of rotatable bonds is 4. The molecule has 0 bridgehead atoms. The summed E-state index contributed by atoms with van der Waals surface area (Å²) in [5.41, 5.74) is 1.09. The van der Waals surface area contributed by atoms with Crippen LogP contribution >= 0.6 is 11.3 Å². The molecule has 0 spiro atoms. The van der Waals surface area contributed by atoms with Crippen LogP contribution in [0.15, 0.2) is 47.4 Å². The van der Waals surface area contributed by atoms with Crippen molar-refractivity contribution in [1.82, 2.24) is 10.2 Å². The molecule has 0 aliphatic heterocycles. The lowest BCUT2D eigenvalue weighted by Crippen LogP contribution is -2.11. The van der Waals surface area contributed by atoms with Gasteiger partial charge in [0.25, 0.3) is 0 Å². The fraction of sp³-hybridized carbons (Fsp3) is 0.263. The predicted octanol–water partition coefficient (Wildman–Crippen LogP) is 4.04. The molecular formula is C19H17F2N3O2S2. The number of sulfonamides is 1. The van der Waals surface area contributed by atoms with Crippen molar-refractivity contribution in [3.63, 3.8) is 0 Å². The van der Waals surface area contributed by atoms with E-state index in [9.17, 15) is 17.2 Å². The van der Waals surface area contributed by atoms with Crippen molar-refractivity contribution in [3.8, 4) is 10.6 Å². The summed E-state index contributed by atoms with van der Waals surface area (Å²) in [5.74, 6) is -1.12. The zero-order chi connectivity index (χ0) is 20.3. The number of nitrogens with two attached hydrogens (primary N) is 1. The molecule has 2 atom stereocenters. The highest BCUT2D eigenvalue weighted by atomic mass is 32.2. The first-order chi connectivity index (χ1) is 13.1. The molecule has 9 heteroatoms. The molecule has 0 unspecified atom stereocenters. The topological polar surface area (TPSA) is 85.9 Å². The predicted molar refractivity (Wildman–Crippen MR) is 102 cm³/mol. The molecule has 0 radical (unpaired) electrons. The van der Waals surface area contributed by atoms with Crippen molar-refractivity contribution in [2.45, 2.75) is 30.6 Å². The lowest BCUT2D eigenvalue weighted by atomic mass is 10.0. The third-order valence-corrected chi connectivity index (χ3v) is 7.23. The summed E-state index contributed by atoms with van der Waals surface area (Å²) in [6.45, 7) is 4.19. The minimum absolute atomic E-state index is 0.0660. The third kappa shape index (κ3) is 3.23. The van der Waals surface area contributed by atoms with Crippen molar-refractivity contribution in [2.75, 3.05) is 0 Å². The summed E-state index contributed by atoms with van der Waals surface area (Å²) >= 11 is 1.28. The van der Waals surface area contributed by atoms with E-state index < -0.39 is 21.7 Å². The Kier molecular flexibility index (Phi) is 4.36. The number of primary sulfonamides is 1. The van der Waals surface area contributed by atoms with Crippen LogP contribution in [0.5, 0.6) is 0 Å². The molecule has 3 aromatic rings. The van der Waals surface area contributed by atoms with Crippen LogP contribution in [-0.2, 0) is 10.0 Å². The summed E-state index contributed by atoms with van der Waals surface area (Å²) in [7, 11) is -3.74. The van der Waals surface area contributed by atoms with Crippen LogP contribution < -0.4 is 5.14 Å². The van der Waals surface area contributed by atoms with Crippen molar-refractivity contribution >= 4 is 21.4 Å². The number of benzene rings is 2. The van der Waals surface area contributed by atoms with Gasteiger partial charge in [-0.15, -0.1) is 10.2 Å². The monoisotopic (exact) mass is 421 g/mol. The highest BCUT2D eigenvalue weighted by Crippen LogP contribution is 2.70. The minimum atomic E-state index is -3.74. The molecule has 1 aliphatic rings. The maximum absolute atomic E-state index is 14.0. The first-order valence-corrected chi connectivity index (χ1v) is 10.9. The van der Waals surface area contributed by atoms with Gasteiger partial charge in [-0.3, -0.25) is 0 Å². The van der Waals surface area contributed by atoms with Gasteiger partial charge < -0.3 is 0 Å². The minimum Gasteiger partial charge on any atom is -0.225 e. The zero-order valence-electron chi connectivity index (χ0n) is 15.1. The number of hydrogen-bond donors (Lipinski definition) is 1. The first kappa shape index (κ1) is 19.1. The van der Waals surface area contributed by atoms with Crippen molar-refractivity contribution < 1.29 is 17.2 Å². The maximum atomic E-state index is 14.0. The molecule has 1 saturated carbocycles. The van der Waals surface area contributed by atoms with E-state index in [1.165, 1.54) is 35.6 Å². The van der Waals surface area contributed by atoms with Gasteiger partial charge in [-0.1, -0.05) is 37.3 Å². The van der Waals surface area contributed by atoms with E-state index >= 15 is 0 Å². The fourth-order valence-electron chi connectivity index (χ4n) is 3.72. The summed E-state index contributed by atoms with van der Waals surface area (Å²) < 4.78 is 50.0. The van der Waals surface area contributed by atoms with Crippen LogP contribution in [0.4, 0.5) is 8.78 Å². The summed E-state index contributed by atoms with van der Waals surface area (Å²) in [6, 6.07) is 9.88. The Hall–Kier alpha value is -2.23. The maximum Gasteiger partial charge on any atom is 0.238 e. The summed E-state index contributed by atoms with van der Waals surface area (Å²) in [4.78, 5) is 0.0660. The van der Waals surface area contributed by atoms with Crippen LogP contribution in [-0.4, -0.2) is 18.6 Å². The van der Waals surface area contributed by atoms with Crippen LogP contribution in [0.2, 0.25) is 0 Å². The molecule has 1 heterocycles. The third-order valence-electron chi connectivity index (χ3n) is 5.26. The van der Waals surface area contributed by atoms with Crippen LogP contribution in [0, 0.1) is 17.0 Å². The van der Waals surface area contributed by atoms with Crippen molar-refractivity contribution in [3.05, 3.63) is 64.7 Å². The lowest BCUT2D eigenvalue weighted by Gasteiger charge is -2.04. The Balaban J connectivity index is 1.63. The molecule has 4 rings (SSSR count). The van der Waals surface area contributed by atoms with E-state index in [1.54, 1.807) is 12.1 Å². The Bertz CT molecular complexity index is 1160. The molecule has 0 saturated heterocycles. The fourth-order valence-corrected chi connectivity index (χ4v) is 5.44. The van der Waals surface area contributed by atoms with Gasteiger partial charge in [0.1, 0.15) is 16.6 Å². The van der Waals surface area contributed by atoms with Crippen LogP contribution in [0.3, 0.4) is 0 Å². The van der Waals surface area contributed by atoms with Crippen LogP contribution in [0.1, 0.15) is 36.3 Å². The second-order valence-corrected chi connectivity index (χ2v) is 10.0. The highest BCUT2D eigenvalue weighted by Gasteiger charge is 2.60. The molecule has 1 fully saturated rings. The first-order valence-electron chi connectivity index (χ1n) is 8.50. The van der Waals surface area contributed by atoms with Crippen molar-refractivity contribution in [2.24, 2.45) is 10.6 Å². The number of hydrogen-bond acceptors (Lipinski definition) is 5. The molecule has 0 amide bonds.